The fourth-order valence-corrected chi connectivity index (χ4v) is 2.13. The van der Waals surface area contributed by atoms with Crippen LogP contribution in [0.1, 0.15) is 17.5 Å². The molecule has 13 heavy (non-hydrogen) atoms. The van der Waals surface area contributed by atoms with Crippen molar-refractivity contribution in [3.05, 3.63) is 16.6 Å². The normalized spacial score (nSPS) is 33.8. The maximum atomic E-state index is 9.45. The van der Waals surface area contributed by atoms with Gasteiger partial charge in [-0.15, -0.1) is 11.3 Å². The fraction of sp³-hybridized carbons (Fsp3) is 0.625. The number of aliphatic hydroxyl groups is 2. The summed E-state index contributed by atoms with van der Waals surface area (Å²) in [7, 11) is 0. The van der Waals surface area contributed by atoms with Gasteiger partial charge in [0.2, 0.25) is 0 Å². The molecule has 0 spiro atoms. The molecule has 5 heteroatoms. The Morgan fingerprint density at radius 1 is 1.69 bits per heavy atom. The summed E-state index contributed by atoms with van der Waals surface area (Å²) in [5, 5.41) is 21.0. The van der Waals surface area contributed by atoms with E-state index < -0.39 is 12.2 Å². The van der Waals surface area contributed by atoms with Crippen LogP contribution < -0.4 is 0 Å². The molecule has 1 fully saturated rings. The van der Waals surface area contributed by atoms with Crippen molar-refractivity contribution < 1.29 is 14.9 Å². The molecule has 4 nitrogen and oxygen atoms in total. The molecular weight excluding hydrogens is 190 g/mol. The maximum Gasteiger partial charge on any atom is 0.122 e. The third-order valence-corrected chi connectivity index (χ3v) is 3.00. The summed E-state index contributed by atoms with van der Waals surface area (Å²) in [4.78, 5) is 4.10. The highest BCUT2D eigenvalue weighted by molar-refractivity contribution is 7.09. The van der Waals surface area contributed by atoms with Crippen LogP contribution in [0.5, 0.6) is 0 Å². The second-order valence-corrected chi connectivity index (χ2v) is 3.95. The van der Waals surface area contributed by atoms with Crippen molar-refractivity contribution in [2.45, 2.75) is 24.7 Å². The van der Waals surface area contributed by atoms with Crippen LogP contribution in [0.4, 0.5) is 0 Å². The summed E-state index contributed by atoms with van der Waals surface area (Å²) in [6.45, 7) is -0.136. The molecule has 2 heterocycles. The molecule has 0 unspecified atom stereocenters. The Balaban J connectivity index is 2.05. The van der Waals surface area contributed by atoms with E-state index in [2.05, 4.69) is 4.98 Å². The van der Waals surface area contributed by atoms with Gasteiger partial charge in [-0.2, -0.15) is 0 Å². The van der Waals surface area contributed by atoms with Crippen LogP contribution in [0.15, 0.2) is 11.6 Å². The van der Waals surface area contributed by atoms with Crippen molar-refractivity contribution in [3.8, 4) is 0 Å². The molecular formula is C8H11NO3S. The van der Waals surface area contributed by atoms with Crippen molar-refractivity contribution in [2.75, 3.05) is 6.61 Å². The lowest BCUT2D eigenvalue weighted by atomic mass is 10.1. The number of rotatable bonds is 2. The zero-order valence-electron chi connectivity index (χ0n) is 6.96. The van der Waals surface area contributed by atoms with Gasteiger partial charge in [0.1, 0.15) is 17.2 Å². The topological polar surface area (TPSA) is 62.6 Å². The molecule has 72 valence electrons. The quantitative estimate of drug-likeness (QED) is 0.723. The summed E-state index contributed by atoms with van der Waals surface area (Å²) in [6.07, 6.45) is 1.07. The highest BCUT2D eigenvalue weighted by atomic mass is 32.1. The van der Waals surface area contributed by atoms with Crippen LogP contribution in [-0.4, -0.2) is 34.0 Å². The average Bonchev–Trinajstić information content (AvgIpc) is 2.71. The van der Waals surface area contributed by atoms with E-state index in [1.807, 2.05) is 5.38 Å². The highest BCUT2D eigenvalue weighted by Crippen LogP contribution is 2.33. The Bertz CT molecular complexity index is 264. The fourth-order valence-electron chi connectivity index (χ4n) is 1.45. The van der Waals surface area contributed by atoms with Gasteiger partial charge in [0.15, 0.2) is 0 Å². The molecule has 1 aromatic rings. The summed E-state index contributed by atoms with van der Waals surface area (Å²) >= 11 is 1.51. The monoisotopic (exact) mass is 201 g/mol. The van der Waals surface area contributed by atoms with E-state index in [-0.39, 0.29) is 12.7 Å². The number of nitrogens with zero attached hydrogens (tertiary/aromatic N) is 1. The Morgan fingerprint density at radius 2 is 2.54 bits per heavy atom. The van der Waals surface area contributed by atoms with Crippen LogP contribution >= 0.6 is 11.3 Å². The minimum absolute atomic E-state index is 0.136. The Labute approximate surface area is 79.8 Å². The predicted octanol–water partition coefficient (Wildman–Crippen LogP) is 0.326. The van der Waals surface area contributed by atoms with E-state index in [0.717, 1.165) is 5.01 Å². The van der Waals surface area contributed by atoms with Gasteiger partial charge < -0.3 is 14.9 Å². The lowest BCUT2D eigenvalue weighted by molar-refractivity contribution is -0.0225. The molecule has 1 aliphatic rings. The predicted molar refractivity (Wildman–Crippen MR) is 47.4 cm³/mol. The van der Waals surface area contributed by atoms with E-state index >= 15 is 0 Å². The molecule has 2 rings (SSSR count). The number of ether oxygens (including phenoxy) is 1. The first-order valence-corrected chi connectivity index (χ1v) is 5.03. The zero-order valence-corrected chi connectivity index (χ0v) is 7.78. The third kappa shape index (κ3) is 1.73. The Kier molecular flexibility index (Phi) is 2.59. The SMILES string of the molecule is OC[C@H]1O[C@@H](c2nccs2)C[C@@H]1O. The molecule has 1 aliphatic heterocycles. The molecule has 0 aromatic carbocycles. The summed E-state index contributed by atoms with van der Waals surface area (Å²) < 4.78 is 5.42. The first kappa shape index (κ1) is 9.08. The number of aliphatic hydroxyl groups excluding tert-OH is 2. The van der Waals surface area contributed by atoms with Gasteiger partial charge in [-0.3, -0.25) is 0 Å². The summed E-state index contributed by atoms with van der Waals surface area (Å²) in [6, 6.07) is 0. The van der Waals surface area contributed by atoms with Gasteiger partial charge in [0.25, 0.3) is 0 Å². The number of aromatic nitrogens is 1. The van der Waals surface area contributed by atoms with E-state index in [1.54, 1.807) is 6.20 Å². The molecule has 0 saturated carbocycles. The first-order chi connectivity index (χ1) is 6.31. The molecule has 2 N–H and O–H groups in total. The van der Waals surface area contributed by atoms with Crippen LogP contribution in [0.2, 0.25) is 0 Å². The minimum Gasteiger partial charge on any atom is -0.394 e. The van der Waals surface area contributed by atoms with Crippen LogP contribution in [0.25, 0.3) is 0 Å². The summed E-state index contributed by atoms with van der Waals surface area (Å²) in [5.41, 5.74) is 0. The third-order valence-electron chi connectivity index (χ3n) is 2.13. The van der Waals surface area contributed by atoms with E-state index in [4.69, 9.17) is 9.84 Å². The van der Waals surface area contributed by atoms with Gasteiger partial charge in [-0.25, -0.2) is 4.98 Å². The standard InChI is InChI=1S/C8H11NO3S/c10-4-7-5(11)3-6(12-7)8-9-1-2-13-8/h1-2,5-7,10-11H,3-4H2/t5-,6+,7+/m0/s1. The van der Waals surface area contributed by atoms with E-state index in [9.17, 15) is 5.11 Å². The number of thiazole rings is 1. The molecule has 0 bridgehead atoms. The number of hydrogen-bond donors (Lipinski definition) is 2. The average molecular weight is 201 g/mol. The molecule has 1 aromatic heterocycles. The largest absolute Gasteiger partial charge is 0.394 e. The Morgan fingerprint density at radius 3 is 3.08 bits per heavy atom. The van der Waals surface area contributed by atoms with Crippen molar-refractivity contribution in [1.29, 1.82) is 0 Å². The zero-order chi connectivity index (χ0) is 9.26. The minimum atomic E-state index is -0.570. The van der Waals surface area contributed by atoms with Gasteiger partial charge in [0, 0.05) is 18.0 Å². The van der Waals surface area contributed by atoms with Crippen molar-refractivity contribution in [3.63, 3.8) is 0 Å². The summed E-state index contributed by atoms with van der Waals surface area (Å²) in [5.74, 6) is 0. The van der Waals surface area contributed by atoms with Gasteiger partial charge in [-0.1, -0.05) is 0 Å². The lowest BCUT2D eigenvalue weighted by Gasteiger charge is -2.09. The first-order valence-electron chi connectivity index (χ1n) is 4.15. The van der Waals surface area contributed by atoms with Gasteiger partial charge >= 0.3 is 0 Å². The van der Waals surface area contributed by atoms with Crippen molar-refractivity contribution in [2.24, 2.45) is 0 Å². The Hall–Kier alpha value is -0.490. The molecule has 0 radical (unpaired) electrons. The lowest BCUT2D eigenvalue weighted by Crippen LogP contribution is -2.24. The molecule has 3 atom stereocenters. The molecule has 0 aliphatic carbocycles. The van der Waals surface area contributed by atoms with Gasteiger partial charge in [-0.05, 0) is 0 Å². The smallest absolute Gasteiger partial charge is 0.122 e. The van der Waals surface area contributed by atoms with E-state index in [0.29, 0.717) is 6.42 Å². The van der Waals surface area contributed by atoms with Crippen LogP contribution in [-0.2, 0) is 4.74 Å². The molecule has 0 amide bonds. The number of hydrogen-bond acceptors (Lipinski definition) is 5. The van der Waals surface area contributed by atoms with Crippen LogP contribution in [0, 0.1) is 0 Å². The van der Waals surface area contributed by atoms with Crippen molar-refractivity contribution >= 4 is 11.3 Å². The van der Waals surface area contributed by atoms with Crippen LogP contribution in [0.3, 0.4) is 0 Å². The van der Waals surface area contributed by atoms with E-state index in [1.165, 1.54) is 11.3 Å². The van der Waals surface area contributed by atoms with Crippen molar-refractivity contribution in [1.82, 2.24) is 4.98 Å². The molecule has 1 saturated heterocycles. The van der Waals surface area contributed by atoms with Gasteiger partial charge in [0.05, 0.1) is 12.7 Å². The maximum absolute atomic E-state index is 9.45. The highest BCUT2D eigenvalue weighted by Gasteiger charge is 2.35. The second kappa shape index (κ2) is 3.71. The second-order valence-electron chi connectivity index (χ2n) is 3.02.